The molecule has 0 spiro atoms. The predicted octanol–water partition coefficient (Wildman–Crippen LogP) is 3.88. The number of hydrogen-bond donors (Lipinski definition) is 2. The van der Waals surface area contributed by atoms with E-state index in [2.05, 4.69) is 10.6 Å². The molecule has 0 saturated carbocycles. The fraction of sp³-hybridized carbons (Fsp3) is 0.0909. The summed E-state index contributed by atoms with van der Waals surface area (Å²) in [6.07, 6.45) is 0. The van der Waals surface area contributed by atoms with E-state index in [1.165, 1.54) is 0 Å². The molecule has 3 rings (SSSR count). The topological polar surface area (TPSA) is 67.4 Å². The molecule has 0 bridgehead atoms. The molecule has 0 radical (unpaired) electrons. The van der Waals surface area contributed by atoms with Crippen molar-refractivity contribution in [2.24, 2.45) is 0 Å². The van der Waals surface area contributed by atoms with Gasteiger partial charge in [-0.3, -0.25) is 9.59 Å². The Kier molecular flexibility index (Phi) is 5.84. The maximum atomic E-state index is 12.4. The Morgan fingerprint density at radius 1 is 0.778 bits per heavy atom. The first-order valence-corrected chi connectivity index (χ1v) is 8.54. The van der Waals surface area contributed by atoms with E-state index in [1.807, 2.05) is 42.5 Å². The third kappa shape index (κ3) is 4.73. The van der Waals surface area contributed by atoms with Crippen LogP contribution in [0, 0.1) is 0 Å². The minimum atomic E-state index is -0.268. The monoisotopic (exact) mass is 360 g/mol. The lowest BCUT2D eigenvalue weighted by molar-refractivity contribution is 0.0949. The second-order valence-electron chi connectivity index (χ2n) is 5.90. The first kappa shape index (κ1) is 18.2. The van der Waals surface area contributed by atoms with Crippen LogP contribution in [0.5, 0.6) is 5.75 Å². The molecule has 0 aliphatic rings. The van der Waals surface area contributed by atoms with Gasteiger partial charge in [-0.2, -0.15) is 0 Å². The van der Waals surface area contributed by atoms with Crippen LogP contribution in [0.15, 0.2) is 78.9 Å². The molecular formula is C22H20N2O3. The smallest absolute Gasteiger partial charge is 0.255 e. The molecule has 0 atom stereocenters. The van der Waals surface area contributed by atoms with Gasteiger partial charge in [-0.1, -0.05) is 42.5 Å². The fourth-order valence-corrected chi connectivity index (χ4v) is 2.60. The zero-order valence-electron chi connectivity index (χ0n) is 14.9. The number of para-hydroxylation sites is 2. The highest BCUT2D eigenvalue weighted by atomic mass is 16.5. The first-order chi connectivity index (χ1) is 13.2. The zero-order chi connectivity index (χ0) is 19.1. The average Bonchev–Trinajstić information content (AvgIpc) is 2.73. The number of hydrogen-bond acceptors (Lipinski definition) is 3. The predicted molar refractivity (Wildman–Crippen MR) is 105 cm³/mol. The minimum absolute atomic E-state index is 0.185. The highest BCUT2D eigenvalue weighted by Crippen LogP contribution is 2.23. The minimum Gasteiger partial charge on any atom is -0.495 e. The van der Waals surface area contributed by atoms with Crippen molar-refractivity contribution in [3.63, 3.8) is 0 Å². The number of ether oxygens (including phenoxy) is 1. The summed E-state index contributed by atoms with van der Waals surface area (Å²) in [4.78, 5) is 24.7. The number of amides is 2. The molecule has 0 unspecified atom stereocenters. The van der Waals surface area contributed by atoms with E-state index in [1.54, 1.807) is 43.5 Å². The second-order valence-corrected chi connectivity index (χ2v) is 5.90. The maximum absolute atomic E-state index is 12.4. The van der Waals surface area contributed by atoms with Crippen molar-refractivity contribution in [2.75, 3.05) is 12.4 Å². The highest BCUT2D eigenvalue weighted by Gasteiger charge is 2.11. The van der Waals surface area contributed by atoms with Crippen molar-refractivity contribution in [1.29, 1.82) is 0 Å². The molecule has 0 aliphatic carbocycles. The lowest BCUT2D eigenvalue weighted by Crippen LogP contribution is -2.22. The van der Waals surface area contributed by atoms with Crippen molar-refractivity contribution in [3.05, 3.63) is 95.6 Å². The summed E-state index contributed by atoms with van der Waals surface area (Å²) in [5.41, 5.74) is 2.58. The number of anilines is 1. The summed E-state index contributed by atoms with van der Waals surface area (Å²) in [6, 6.07) is 23.4. The number of carbonyl (C=O) groups excluding carboxylic acids is 2. The highest BCUT2D eigenvalue weighted by molar-refractivity contribution is 6.05. The van der Waals surface area contributed by atoms with Gasteiger partial charge in [-0.15, -0.1) is 0 Å². The van der Waals surface area contributed by atoms with E-state index in [0.29, 0.717) is 29.1 Å². The molecule has 0 aromatic heterocycles. The van der Waals surface area contributed by atoms with Crippen molar-refractivity contribution >= 4 is 17.5 Å². The molecule has 3 aromatic rings. The molecule has 2 amide bonds. The van der Waals surface area contributed by atoms with Gasteiger partial charge in [0.25, 0.3) is 11.8 Å². The number of carbonyl (C=O) groups is 2. The van der Waals surface area contributed by atoms with Crippen LogP contribution in [0.2, 0.25) is 0 Å². The Morgan fingerprint density at radius 2 is 1.37 bits per heavy atom. The number of methoxy groups -OCH3 is 1. The Balaban J connectivity index is 1.62. The lowest BCUT2D eigenvalue weighted by Gasteiger charge is -2.10. The molecule has 5 nitrogen and oxygen atoms in total. The van der Waals surface area contributed by atoms with E-state index in [4.69, 9.17) is 4.74 Å². The van der Waals surface area contributed by atoms with Gasteiger partial charge in [0.15, 0.2) is 0 Å². The molecule has 136 valence electrons. The van der Waals surface area contributed by atoms with Crippen molar-refractivity contribution in [3.8, 4) is 5.75 Å². The van der Waals surface area contributed by atoms with Crippen LogP contribution in [0.1, 0.15) is 26.3 Å². The van der Waals surface area contributed by atoms with Gasteiger partial charge in [0.2, 0.25) is 0 Å². The van der Waals surface area contributed by atoms with E-state index < -0.39 is 0 Å². The average molecular weight is 360 g/mol. The molecular weight excluding hydrogens is 340 g/mol. The van der Waals surface area contributed by atoms with Gasteiger partial charge in [0.1, 0.15) is 5.75 Å². The standard InChI is InChI=1S/C22H20N2O3/c1-27-20-10-6-5-9-19(20)24-22(26)18-13-11-17(12-14-18)21(25)23-15-16-7-3-2-4-8-16/h2-14H,15H2,1H3,(H,23,25)(H,24,26). The molecule has 3 aromatic carbocycles. The maximum Gasteiger partial charge on any atom is 0.255 e. The zero-order valence-corrected chi connectivity index (χ0v) is 14.9. The Labute approximate surface area is 158 Å². The first-order valence-electron chi connectivity index (χ1n) is 8.54. The van der Waals surface area contributed by atoms with Crippen LogP contribution >= 0.6 is 0 Å². The number of rotatable bonds is 6. The summed E-state index contributed by atoms with van der Waals surface area (Å²) in [5.74, 6) is 0.133. The van der Waals surface area contributed by atoms with Crippen LogP contribution < -0.4 is 15.4 Å². The van der Waals surface area contributed by atoms with Crippen LogP contribution in [0.3, 0.4) is 0 Å². The van der Waals surface area contributed by atoms with Crippen LogP contribution in [-0.2, 0) is 6.54 Å². The van der Waals surface area contributed by atoms with E-state index >= 15 is 0 Å². The third-order valence-electron chi connectivity index (χ3n) is 4.06. The third-order valence-corrected chi connectivity index (χ3v) is 4.06. The van der Waals surface area contributed by atoms with Crippen molar-refractivity contribution in [2.45, 2.75) is 6.54 Å². The molecule has 0 fully saturated rings. The Hall–Kier alpha value is -3.60. The van der Waals surface area contributed by atoms with Crippen molar-refractivity contribution < 1.29 is 14.3 Å². The van der Waals surface area contributed by atoms with Gasteiger partial charge in [0.05, 0.1) is 12.8 Å². The normalized spacial score (nSPS) is 10.1. The van der Waals surface area contributed by atoms with Crippen LogP contribution in [0.4, 0.5) is 5.69 Å². The fourth-order valence-electron chi connectivity index (χ4n) is 2.60. The Morgan fingerprint density at radius 3 is 2.04 bits per heavy atom. The van der Waals surface area contributed by atoms with Gasteiger partial charge >= 0.3 is 0 Å². The summed E-state index contributed by atoms with van der Waals surface area (Å²) in [6.45, 7) is 0.454. The summed E-state index contributed by atoms with van der Waals surface area (Å²) in [7, 11) is 1.55. The van der Waals surface area contributed by atoms with Crippen molar-refractivity contribution in [1.82, 2.24) is 5.32 Å². The molecule has 0 heterocycles. The molecule has 5 heteroatoms. The van der Waals surface area contributed by atoms with Gasteiger partial charge < -0.3 is 15.4 Å². The summed E-state index contributed by atoms with van der Waals surface area (Å²) in [5, 5.41) is 5.67. The van der Waals surface area contributed by atoms with E-state index in [0.717, 1.165) is 5.56 Å². The van der Waals surface area contributed by atoms with E-state index in [-0.39, 0.29) is 11.8 Å². The quantitative estimate of drug-likeness (QED) is 0.701. The number of nitrogens with one attached hydrogen (secondary N) is 2. The molecule has 0 saturated heterocycles. The van der Waals surface area contributed by atoms with Crippen LogP contribution in [0.25, 0.3) is 0 Å². The Bertz CT molecular complexity index is 922. The number of benzene rings is 3. The second kappa shape index (κ2) is 8.67. The van der Waals surface area contributed by atoms with E-state index in [9.17, 15) is 9.59 Å². The van der Waals surface area contributed by atoms with Gasteiger partial charge in [-0.25, -0.2) is 0 Å². The van der Waals surface area contributed by atoms with Crippen LogP contribution in [-0.4, -0.2) is 18.9 Å². The lowest BCUT2D eigenvalue weighted by atomic mass is 10.1. The van der Waals surface area contributed by atoms with Gasteiger partial charge in [-0.05, 0) is 42.0 Å². The molecule has 2 N–H and O–H groups in total. The summed E-state index contributed by atoms with van der Waals surface area (Å²) < 4.78 is 5.23. The molecule has 27 heavy (non-hydrogen) atoms. The summed E-state index contributed by atoms with van der Waals surface area (Å²) >= 11 is 0. The van der Waals surface area contributed by atoms with Gasteiger partial charge in [0, 0.05) is 17.7 Å². The molecule has 0 aliphatic heterocycles. The largest absolute Gasteiger partial charge is 0.495 e. The SMILES string of the molecule is COc1ccccc1NC(=O)c1ccc(C(=O)NCc2ccccc2)cc1.